The molecule has 0 unspecified atom stereocenters. The number of aryl methyl sites for hydroxylation is 1. The first-order valence-corrected chi connectivity index (χ1v) is 5.66. The Hall–Kier alpha value is -1.29. The molecule has 0 radical (unpaired) electrons. The van der Waals surface area contributed by atoms with Crippen LogP contribution in [-0.4, -0.2) is 15.5 Å². The van der Waals surface area contributed by atoms with E-state index in [1.165, 1.54) is 11.4 Å². The van der Waals surface area contributed by atoms with E-state index in [-0.39, 0.29) is 0 Å². The van der Waals surface area contributed by atoms with Crippen LogP contribution in [0.1, 0.15) is 5.56 Å². The van der Waals surface area contributed by atoms with Gasteiger partial charge in [-0.3, -0.25) is 4.31 Å². The number of sulfonamides is 1. The van der Waals surface area contributed by atoms with Crippen LogP contribution >= 0.6 is 0 Å². The van der Waals surface area contributed by atoms with Gasteiger partial charge in [0.05, 0.1) is 5.69 Å². The van der Waals surface area contributed by atoms with Crippen molar-refractivity contribution in [3.63, 3.8) is 0 Å². The van der Waals surface area contributed by atoms with E-state index in [4.69, 9.17) is 0 Å². The molecule has 4 heteroatoms. The highest BCUT2D eigenvalue weighted by Gasteiger charge is 2.13. The minimum Gasteiger partial charge on any atom is -0.270 e. The summed E-state index contributed by atoms with van der Waals surface area (Å²) >= 11 is 0. The lowest BCUT2D eigenvalue weighted by Gasteiger charge is -2.16. The summed E-state index contributed by atoms with van der Waals surface area (Å²) in [6.07, 6.45) is 0. The third-order valence-electron chi connectivity index (χ3n) is 1.96. The Labute approximate surface area is 84.7 Å². The lowest BCUT2D eigenvalue weighted by molar-refractivity contribution is 0.603. The average Bonchev–Trinajstić information content (AvgIpc) is 2.16. The highest BCUT2D eigenvalue weighted by molar-refractivity contribution is 7.95. The second-order valence-corrected chi connectivity index (χ2v) is 4.93. The molecule has 0 amide bonds. The van der Waals surface area contributed by atoms with Gasteiger partial charge in [0.25, 0.3) is 10.0 Å². The molecule has 76 valence electrons. The number of hydrogen-bond donors (Lipinski definition) is 0. The third kappa shape index (κ3) is 2.14. The van der Waals surface area contributed by atoms with Crippen LogP contribution in [0.15, 0.2) is 36.3 Å². The molecule has 0 aliphatic carbocycles. The van der Waals surface area contributed by atoms with Gasteiger partial charge in [-0.1, -0.05) is 18.7 Å². The van der Waals surface area contributed by atoms with Crippen LogP contribution in [0.3, 0.4) is 0 Å². The fourth-order valence-corrected chi connectivity index (χ4v) is 1.71. The molecule has 0 bridgehead atoms. The first kappa shape index (κ1) is 10.8. The van der Waals surface area contributed by atoms with Crippen molar-refractivity contribution in [1.82, 2.24) is 0 Å². The maximum Gasteiger partial charge on any atom is 0.256 e. The van der Waals surface area contributed by atoms with Crippen LogP contribution in [0.5, 0.6) is 0 Å². The quantitative estimate of drug-likeness (QED) is 0.765. The van der Waals surface area contributed by atoms with Gasteiger partial charge in [0.15, 0.2) is 0 Å². The van der Waals surface area contributed by atoms with Crippen LogP contribution in [-0.2, 0) is 10.0 Å². The molecule has 0 aliphatic rings. The topological polar surface area (TPSA) is 37.4 Å². The summed E-state index contributed by atoms with van der Waals surface area (Å²) in [7, 11) is -1.87. The Morgan fingerprint density at radius 1 is 1.43 bits per heavy atom. The van der Waals surface area contributed by atoms with Crippen molar-refractivity contribution in [3.05, 3.63) is 41.8 Å². The van der Waals surface area contributed by atoms with E-state index in [1.807, 2.05) is 19.1 Å². The molecule has 0 atom stereocenters. The van der Waals surface area contributed by atoms with E-state index < -0.39 is 10.0 Å². The van der Waals surface area contributed by atoms with Gasteiger partial charge in [-0.05, 0) is 24.6 Å². The van der Waals surface area contributed by atoms with Gasteiger partial charge in [0.2, 0.25) is 0 Å². The fourth-order valence-electron chi connectivity index (χ4n) is 1.08. The van der Waals surface area contributed by atoms with E-state index >= 15 is 0 Å². The van der Waals surface area contributed by atoms with Gasteiger partial charge in [0, 0.05) is 12.5 Å². The summed E-state index contributed by atoms with van der Waals surface area (Å²) in [5, 5.41) is 0.940. The molecule has 1 aromatic carbocycles. The molecular formula is C10H13NO2S. The Balaban J connectivity index is 3.13. The van der Waals surface area contributed by atoms with E-state index in [0.29, 0.717) is 5.69 Å². The van der Waals surface area contributed by atoms with Crippen LogP contribution < -0.4 is 4.31 Å². The van der Waals surface area contributed by atoms with Crippen molar-refractivity contribution >= 4 is 15.7 Å². The van der Waals surface area contributed by atoms with Gasteiger partial charge in [0.1, 0.15) is 0 Å². The number of anilines is 1. The van der Waals surface area contributed by atoms with Crippen molar-refractivity contribution in [3.8, 4) is 0 Å². The van der Waals surface area contributed by atoms with Gasteiger partial charge in [-0.15, -0.1) is 0 Å². The molecule has 0 aliphatic heterocycles. The van der Waals surface area contributed by atoms with E-state index in [9.17, 15) is 8.42 Å². The van der Waals surface area contributed by atoms with Gasteiger partial charge in [-0.2, -0.15) is 0 Å². The number of benzene rings is 1. The Kier molecular flexibility index (Phi) is 2.96. The summed E-state index contributed by atoms with van der Waals surface area (Å²) in [5.41, 5.74) is 1.67. The molecule has 0 heterocycles. The molecule has 0 N–H and O–H groups in total. The van der Waals surface area contributed by atoms with Crippen molar-refractivity contribution < 1.29 is 8.42 Å². The zero-order valence-electron chi connectivity index (χ0n) is 8.27. The first-order chi connectivity index (χ1) is 6.47. The fraction of sp³-hybridized carbons (Fsp3) is 0.200. The monoisotopic (exact) mass is 211 g/mol. The van der Waals surface area contributed by atoms with Crippen molar-refractivity contribution in [1.29, 1.82) is 0 Å². The highest BCUT2D eigenvalue weighted by Crippen LogP contribution is 2.17. The Bertz CT molecular complexity index is 437. The molecule has 0 spiro atoms. The van der Waals surface area contributed by atoms with Gasteiger partial charge < -0.3 is 0 Å². The number of nitrogens with zero attached hydrogens (tertiary/aromatic N) is 1. The average molecular weight is 211 g/mol. The summed E-state index contributed by atoms with van der Waals surface area (Å²) in [5.74, 6) is 0. The summed E-state index contributed by atoms with van der Waals surface area (Å²) in [4.78, 5) is 0. The van der Waals surface area contributed by atoms with E-state index in [0.717, 1.165) is 11.0 Å². The highest BCUT2D eigenvalue weighted by atomic mass is 32.2. The summed E-state index contributed by atoms with van der Waals surface area (Å²) in [6, 6.07) is 7.28. The molecule has 0 aromatic heterocycles. The van der Waals surface area contributed by atoms with Crippen LogP contribution in [0.4, 0.5) is 5.69 Å². The normalized spacial score (nSPS) is 11.0. The summed E-state index contributed by atoms with van der Waals surface area (Å²) < 4.78 is 24.0. The lowest BCUT2D eigenvalue weighted by atomic mass is 10.2. The smallest absolute Gasteiger partial charge is 0.256 e. The van der Waals surface area contributed by atoms with Gasteiger partial charge in [-0.25, -0.2) is 8.42 Å². The molecule has 14 heavy (non-hydrogen) atoms. The zero-order chi connectivity index (χ0) is 10.8. The molecule has 1 aromatic rings. The van der Waals surface area contributed by atoms with Gasteiger partial charge >= 0.3 is 0 Å². The summed E-state index contributed by atoms with van der Waals surface area (Å²) in [6.45, 7) is 5.19. The van der Waals surface area contributed by atoms with Crippen LogP contribution in [0.25, 0.3) is 0 Å². The SMILES string of the molecule is C=CS(=O)(=O)N(C)c1cccc(C)c1. The van der Waals surface area contributed by atoms with Crippen molar-refractivity contribution in [2.75, 3.05) is 11.4 Å². The van der Waals surface area contributed by atoms with Crippen LogP contribution in [0, 0.1) is 6.92 Å². The van der Waals surface area contributed by atoms with Crippen LogP contribution in [0.2, 0.25) is 0 Å². The Morgan fingerprint density at radius 3 is 2.57 bits per heavy atom. The predicted molar refractivity (Wildman–Crippen MR) is 58.7 cm³/mol. The zero-order valence-corrected chi connectivity index (χ0v) is 9.08. The third-order valence-corrected chi connectivity index (χ3v) is 3.35. The maximum atomic E-state index is 11.4. The molecule has 3 nitrogen and oxygen atoms in total. The maximum absolute atomic E-state index is 11.4. The molecular weight excluding hydrogens is 198 g/mol. The minimum absolute atomic E-state index is 0.643. The first-order valence-electron chi connectivity index (χ1n) is 4.15. The van der Waals surface area contributed by atoms with Crippen molar-refractivity contribution in [2.24, 2.45) is 0 Å². The molecule has 0 saturated carbocycles. The number of hydrogen-bond acceptors (Lipinski definition) is 2. The van der Waals surface area contributed by atoms with E-state index in [2.05, 4.69) is 6.58 Å². The van der Waals surface area contributed by atoms with Crippen molar-refractivity contribution in [2.45, 2.75) is 6.92 Å². The van der Waals surface area contributed by atoms with E-state index in [1.54, 1.807) is 12.1 Å². The largest absolute Gasteiger partial charge is 0.270 e. The second kappa shape index (κ2) is 3.84. The lowest BCUT2D eigenvalue weighted by Crippen LogP contribution is -2.23. The predicted octanol–water partition coefficient (Wildman–Crippen LogP) is 1.90. The second-order valence-electron chi connectivity index (χ2n) is 3.02. The number of rotatable bonds is 3. The molecule has 0 saturated heterocycles. The molecule has 0 fully saturated rings. The standard InChI is InChI=1S/C10H13NO2S/c1-4-14(12,13)11(3)10-7-5-6-9(2)8-10/h4-8H,1H2,2-3H3. The minimum atomic E-state index is -3.37. The Morgan fingerprint density at radius 2 is 2.07 bits per heavy atom. The molecule has 1 rings (SSSR count).